The highest BCUT2D eigenvalue weighted by atomic mass is 32.2. The van der Waals surface area contributed by atoms with Gasteiger partial charge in [0.15, 0.2) is 10.7 Å². The number of hydrogen-bond donors (Lipinski definition) is 2. The van der Waals surface area contributed by atoms with Crippen LogP contribution in [-0.4, -0.2) is 30.8 Å². The van der Waals surface area contributed by atoms with E-state index in [1.807, 2.05) is 0 Å². The lowest BCUT2D eigenvalue weighted by atomic mass is 10.1. The van der Waals surface area contributed by atoms with Crippen LogP contribution in [-0.2, 0) is 17.3 Å². The van der Waals surface area contributed by atoms with E-state index in [9.17, 15) is 17.6 Å². The molecular formula is C26H25FN2O5S. The van der Waals surface area contributed by atoms with E-state index >= 15 is 0 Å². The average molecular weight is 497 g/mol. The van der Waals surface area contributed by atoms with Gasteiger partial charge in [-0.1, -0.05) is 12.1 Å². The first-order valence-corrected chi connectivity index (χ1v) is 12.7. The fourth-order valence-electron chi connectivity index (χ4n) is 3.60. The normalized spacial score (nSPS) is 16.1. The smallest absolute Gasteiger partial charge is 0.252 e. The van der Waals surface area contributed by atoms with Crippen molar-refractivity contribution in [1.29, 1.82) is 0 Å². The number of amides is 1. The Bertz CT molecular complexity index is 1290. The molecule has 2 fully saturated rings. The van der Waals surface area contributed by atoms with Gasteiger partial charge in [-0.3, -0.25) is 4.79 Å². The van der Waals surface area contributed by atoms with Crippen molar-refractivity contribution < 1.29 is 27.1 Å². The Balaban J connectivity index is 1.20. The SMILES string of the molecule is O=C(NC1([SH](=O)=O)CC1)c1ccc(COc2ccc(F)c(-c3ccc(OCC4CC4)nc3)c2)cc1. The number of rotatable bonds is 10. The average Bonchev–Trinajstić information content (AvgIpc) is 3.79. The first-order chi connectivity index (χ1) is 16.9. The summed E-state index contributed by atoms with van der Waals surface area (Å²) in [5, 5.41) is 2.59. The van der Waals surface area contributed by atoms with E-state index in [1.165, 1.54) is 18.9 Å². The second-order valence-electron chi connectivity index (χ2n) is 9.01. The third-order valence-corrected chi connectivity index (χ3v) is 7.45. The third-order valence-electron chi connectivity index (χ3n) is 6.19. The van der Waals surface area contributed by atoms with Gasteiger partial charge in [0, 0.05) is 29.0 Å². The van der Waals surface area contributed by atoms with Gasteiger partial charge >= 0.3 is 0 Å². The van der Waals surface area contributed by atoms with Crippen LogP contribution in [0, 0.1) is 11.7 Å². The molecule has 0 radical (unpaired) electrons. The van der Waals surface area contributed by atoms with E-state index < -0.39 is 21.5 Å². The number of nitrogens with zero attached hydrogens (tertiary/aromatic N) is 1. The van der Waals surface area contributed by atoms with Crippen LogP contribution < -0.4 is 14.8 Å². The van der Waals surface area contributed by atoms with E-state index in [4.69, 9.17) is 9.47 Å². The molecule has 2 aromatic carbocycles. The summed E-state index contributed by atoms with van der Waals surface area (Å²) in [5.74, 6) is 0.846. The lowest BCUT2D eigenvalue weighted by Gasteiger charge is -2.12. The molecule has 2 aliphatic rings. The Kier molecular flexibility index (Phi) is 6.42. The maximum absolute atomic E-state index is 14.5. The maximum atomic E-state index is 14.5. The summed E-state index contributed by atoms with van der Waals surface area (Å²) in [6.45, 7) is 0.882. The molecule has 0 aliphatic heterocycles. The molecule has 1 N–H and O–H groups in total. The van der Waals surface area contributed by atoms with Crippen molar-refractivity contribution in [2.45, 2.75) is 37.2 Å². The molecule has 0 unspecified atom stereocenters. The van der Waals surface area contributed by atoms with Crippen LogP contribution in [0.5, 0.6) is 11.6 Å². The van der Waals surface area contributed by atoms with Crippen molar-refractivity contribution in [3.8, 4) is 22.8 Å². The number of halogens is 1. The van der Waals surface area contributed by atoms with Crippen molar-refractivity contribution >= 4 is 16.6 Å². The van der Waals surface area contributed by atoms with Crippen LogP contribution in [0.2, 0.25) is 0 Å². The minimum atomic E-state index is -2.71. The van der Waals surface area contributed by atoms with Crippen molar-refractivity contribution in [2.24, 2.45) is 5.92 Å². The van der Waals surface area contributed by atoms with Gasteiger partial charge < -0.3 is 14.8 Å². The molecule has 7 nitrogen and oxygen atoms in total. The van der Waals surface area contributed by atoms with Crippen LogP contribution in [0.4, 0.5) is 4.39 Å². The van der Waals surface area contributed by atoms with Crippen LogP contribution >= 0.6 is 0 Å². The predicted molar refractivity (Wildman–Crippen MR) is 128 cm³/mol. The molecule has 2 saturated carbocycles. The summed E-state index contributed by atoms with van der Waals surface area (Å²) >= 11 is 0. The maximum Gasteiger partial charge on any atom is 0.252 e. The minimum Gasteiger partial charge on any atom is -0.489 e. The summed E-state index contributed by atoms with van der Waals surface area (Å²) in [7, 11) is -2.71. The molecule has 2 aliphatic carbocycles. The van der Waals surface area contributed by atoms with Crippen LogP contribution in [0.3, 0.4) is 0 Å². The second-order valence-corrected chi connectivity index (χ2v) is 10.4. The Morgan fingerprint density at radius 3 is 2.46 bits per heavy atom. The van der Waals surface area contributed by atoms with Gasteiger partial charge in [-0.2, -0.15) is 0 Å². The molecule has 5 rings (SSSR count). The molecule has 0 bridgehead atoms. The van der Waals surface area contributed by atoms with E-state index in [2.05, 4.69) is 10.3 Å². The first kappa shape index (κ1) is 23.3. The van der Waals surface area contributed by atoms with Gasteiger partial charge in [0.25, 0.3) is 5.91 Å². The Labute approximate surface area is 204 Å². The molecule has 1 heterocycles. The first-order valence-electron chi connectivity index (χ1n) is 11.5. The van der Waals surface area contributed by atoms with Gasteiger partial charge in [0.1, 0.15) is 23.0 Å². The molecule has 0 spiro atoms. The molecule has 0 atom stereocenters. The Hall–Kier alpha value is -3.46. The van der Waals surface area contributed by atoms with E-state index in [-0.39, 0.29) is 12.4 Å². The zero-order chi connectivity index (χ0) is 24.4. The van der Waals surface area contributed by atoms with Crippen molar-refractivity contribution in [3.05, 3.63) is 77.7 Å². The Morgan fingerprint density at radius 1 is 1.06 bits per heavy atom. The fourth-order valence-corrected chi connectivity index (χ4v) is 4.27. The van der Waals surface area contributed by atoms with Gasteiger partial charge in [-0.05, 0) is 73.6 Å². The quantitative estimate of drug-likeness (QED) is 0.411. The lowest BCUT2D eigenvalue weighted by Crippen LogP contribution is -2.37. The molecule has 9 heteroatoms. The highest BCUT2D eigenvalue weighted by Crippen LogP contribution is 2.36. The van der Waals surface area contributed by atoms with E-state index in [0.29, 0.717) is 53.7 Å². The molecule has 35 heavy (non-hydrogen) atoms. The Morgan fingerprint density at radius 2 is 1.83 bits per heavy atom. The number of nitrogens with one attached hydrogen (secondary N) is 1. The highest BCUT2D eigenvalue weighted by Gasteiger charge is 2.48. The summed E-state index contributed by atoms with van der Waals surface area (Å²) in [6, 6.07) is 14.8. The van der Waals surface area contributed by atoms with Crippen LogP contribution in [0.25, 0.3) is 11.1 Å². The fraction of sp³-hybridized carbons (Fsp3) is 0.308. The minimum absolute atomic E-state index is 0.218. The topological polar surface area (TPSA) is 94.6 Å². The molecule has 1 amide bonds. The van der Waals surface area contributed by atoms with E-state index in [1.54, 1.807) is 54.7 Å². The summed E-state index contributed by atoms with van der Waals surface area (Å²) < 4.78 is 48.6. The molecular weight excluding hydrogens is 471 g/mol. The third kappa shape index (κ3) is 5.62. The lowest BCUT2D eigenvalue weighted by molar-refractivity contribution is 0.0945. The standard InChI is InChI=1S/C26H25FN2O5S/c27-23-9-8-21(13-22(23)20-7-10-24(28-14-20)34-16-17-1-2-17)33-15-18-3-5-19(6-4-18)25(30)29-26(11-12-26)35(31)32/h3-10,13-14,17,35H,1-2,11-12,15-16H2,(H,29,30). The number of ether oxygens (including phenoxy) is 2. The molecule has 3 aromatic rings. The highest BCUT2D eigenvalue weighted by molar-refractivity contribution is 7.74. The number of benzene rings is 2. The van der Waals surface area contributed by atoms with Crippen molar-refractivity contribution in [3.63, 3.8) is 0 Å². The predicted octanol–water partition coefficient (Wildman–Crippen LogP) is 4.09. The number of hydrogen-bond acceptors (Lipinski definition) is 6. The largest absolute Gasteiger partial charge is 0.489 e. The van der Waals surface area contributed by atoms with Gasteiger partial charge in [0.05, 0.1) is 6.61 Å². The van der Waals surface area contributed by atoms with E-state index in [0.717, 1.165) is 5.56 Å². The zero-order valence-corrected chi connectivity index (χ0v) is 19.8. The number of pyridine rings is 1. The number of carbonyl (C=O) groups excluding carboxylic acids is 1. The van der Waals surface area contributed by atoms with Crippen molar-refractivity contribution in [2.75, 3.05) is 6.61 Å². The second kappa shape index (κ2) is 9.65. The van der Waals surface area contributed by atoms with Crippen molar-refractivity contribution in [1.82, 2.24) is 10.3 Å². The van der Waals surface area contributed by atoms with Crippen LogP contribution in [0.1, 0.15) is 41.6 Å². The summed E-state index contributed by atoms with van der Waals surface area (Å²) in [5.41, 5.74) is 2.18. The van der Waals surface area contributed by atoms with Gasteiger partial charge in [-0.15, -0.1) is 0 Å². The number of aromatic nitrogens is 1. The van der Waals surface area contributed by atoms with Gasteiger partial charge in [-0.25, -0.2) is 17.8 Å². The number of thiol groups is 1. The summed E-state index contributed by atoms with van der Waals surface area (Å²) in [6.07, 6.45) is 4.86. The zero-order valence-electron chi connectivity index (χ0n) is 18.9. The van der Waals surface area contributed by atoms with Crippen LogP contribution in [0.15, 0.2) is 60.8 Å². The molecule has 1 aromatic heterocycles. The molecule has 182 valence electrons. The number of carbonyl (C=O) groups is 1. The van der Waals surface area contributed by atoms with Gasteiger partial charge in [0.2, 0.25) is 5.88 Å². The summed E-state index contributed by atoms with van der Waals surface area (Å²) in [4.78, 5) is 15.5. The molecule has 0 saturated heterocycles. The monoisotopic (exact) mass is 496 g/mol.